The van der Waals surface area contributed by atoms with E-state index in [9.17, 15) is 0 Å². The van der Waals surface area contributed by atoms with E-state index in [0.29, 0.717) is 12.0 Å². The van der Waals surface area contributed by atoms with Crippen molar-refractivity contribution in [3.63, 3.8) is 0 Å². The molecule has 2 aromatic rings. The molecule has 1 aliphatic rings. The summed E-state index contributed by atoms with van der Waals surface area (Å²) in [4.78, 5) is 2.41. The number of aromatic nitrogens is 2. The van der Waals surface area contributed by atoms with Crippen molar-refractivity contribution in [1.29, 1.82) is 0 Å². The van der Waals surface area contributed by atoms with E-state index in [1.165, 1.54) is 11.1 Å². The standard InChI is InChI=1S/C15H20N4/c1-11(16)12-6-8-19(9-7-12)15-10-17-18-14-5-3-2-4-13(14)15/h2-5,10-12H,6-9,16H2,1H3. The van der Waals surface area contributed by atoms with Gasteiger partial charge in [0.2, 0.25) is 0 Å². The van der Waals surface area contributed by atoms with Gasteiger partial charge in [-0.1, -0.05) is 18.2 Å². The Morgan fingerprint density at radius 1 is 1.26 bits per heavy atom. The molecule has 0 bridgehead atoms. The highest BCUT2D eigenvalue weighted by Gasteiger charge is 2.23. The Kier molecular flexibility index (Phi) is 3.34. The average Bonchev–Trinajstić information content (AvgIpc) is 2.47. The minimum Gasteiger partial charge on any atom is -0.370 e. The van der Waals surface area contributed by atoms with Crippen LogP contribution in [0.5, 0.6) is 0 Å². The first-order valence-corrected chi connectivity index (χ1v) is 6.96. The second kappa shape index (κ2) is 5.13. The van der Waals surface area contributed by atoms with Crippen molar-refractivity contribution in [3.8, 4) is 0 Å². The van der Waals surface area contributed by atoms with Crippen LogP contribution in [0.1, 0.15) is 19.8 Å². The van der Waals surface area contributed by atoms with Gasteiger partial charge in [-0.3, -0.25) is 0 Å². The van der Waals surface area contributed by atoms with Gasteiger partial charge in [-0.15, -0.1) is 0 Å². The lowest BCUT2D eigenvalue weighted by molar-refractivity contribution is 0.354. The Morgan fingerprint density at radius 2 is 2.00 bits per heavy atom. The van der Waals surface area contributed by atoms with Crippen LogP contribution in [0.15, 0.2) is 30.5 Å². The Balaban J connectivity index is 1.86. The second-order valence-electron chi connectivity index (χ2n) is 5.43. The highest BCUT2D eigenvalue weighted by atomic mass is 15.2. The Labute approximate surface area is 113 Å². The summed E-state index contributed by atoms with van der Waals surface area (Å²) in [5, 5.41) is 9.50. The molecule has 1 aliphatic heterocycles. The maximum Gasteiger partial charge on any atom is 0.0950 e. The van der Waals surface area contributed by atoms with Gasteiger partial charge in [-0.05, 0) is 31.7 Å². The number of nitrogens with two attached hydrogens (primary N) is 1. The fourth-order valence-electron chi connectivity index (χ4n) is 2.91. The van der Waals surface area contributed by atoms with E-state index < -0.39 is 0 Å². The van der Waals surface area contributed by atoms with Gasteiger partial charge < -0.3 is 10.6 Å². The van der Waals surface area contributed by atoms with Crippen LogP contribution in [0.3, 0.4) is 0 Å². The van der Waals surface area contributed by atoms with E-state index in [4.69, 9.17) is 5.73 Å². The lowest BCUT2D eigenvalue weighted by Gasteiger charge is -2.35. The third-order valence-corrected chi connectivity index (χ3v) is 4.15. The number of nitrogens with zero attached hydrogens (tertiary/aromatic N) is 3. The maximum atomic E-state index is 6.00. The Morgan fingerprint density at radius 3 is 2.74 bits per heavy atom. The van der Waals surface area contributed by atoms with Gasteiger partial charge in [0.15, 0.2) is 0 Å². The van der Waals surface area contributed by atoms with Gasteiger partial charge in [0.1, 0.15) is 0 Å². The molecule has 0 amide bonds. The first kappa shape index (κ1) is 12.4. The number of rotatable bonds is 2. The molecule has 0 spiro atoms. The van der Waals surface area contributed by atoms with Crippen molar-refractivity contribution < 1.29 is 0 Å². The first-order chi connectivity index (χ1) is 9.25. The second-order valence-corrected chi connectivity index (χ2v) is 5.43. The molecule has 2 N–H and O–H groups in total. The van der Waals surface area contributed by atoms with Crippen molar-refractivity contribution in [2.24, 2.45) is 11.7 Å². The summed E-state index contributed by atoms with van der Waals surface area (Å²) >= 11 is 0. The predicted octanol–water partition coefficient (Wildman–Crippen LogP) is 2.19. The normalized spacial score (nSPS) is 18.7. The largest absolute Gasteiger partial charge is 0.370 e. The molecule has 0 radical (unpaired) electrons. The van der Waals surface area contributed by atoms with E-state index in [0.717, 1.165) is 31.4 Å². The summed E-state index contributed by atoms with van der Waals surface area (Å²) in [6.45, 7) is 4.23. The molecule has 2 heterocycles. The van der Waals surface area contributed by atoms with E-state index in [1.54, 1.807) is 0 Å². The Hall–Kier alpha value is -1.68. The van der Waals surface area contributed by atoms with E-state index >= 15 is 0 Å². The third kappa shape index (κ3) is 2.40. The summed E-state index contributed by atoms with van der Waals surface area (Å²) in [6, 6.07) is 8.50. The van der Waals surface area contributed by atoms with Crippen LogP contribution in [0.25, 0.3) is 10.9 Å². The van der Waals surface area contributed by atoms with Gasteiger partial charge in [-0.25, -0.2) is 0 Å². The smallest absolute Gasteiger partial charge is 0.0950 e. The highest BCUT2D eigenvalue weighted by Crippen LogP contribution is 2.29. The monoisotopic (exact) mass is 256 g/mol. The zero-order valence-electron chi connectivity index (χ0n) is 11.3. The number of anilines is 1. The van der Waals surface area contributed by atoms with Crippen LogP contribution >= 0.6 is 0 Å². The lowest BCUT2D eigenvalue weighted by atomic mass is 9.90. The molecular weight excluding hydrogens is 236 g/mol. The number of benzene rings is 1. The summed E-state index contributed by atoms with van der Waals surface area (Å²) in [5.41, 5.74) is 8.17. The van der Waals surface area contributed by atoms with Crippen molar-refractivity contribution in [3.05, 3.63) is 30.5 Å². The number of hydrogen-bond donors (Lipinski definition) is 1. The van der Waals surface area contributed by atoms with Gasteiger partial charge in [0.25, 0.3) is 0 Å². The molecule has 3 rings (SSSR count). The van der Waals surface area contributed by atoms with Crippen molar-refractivity contribution >= 4 is 16.6 Å². The molecule has 4 nitrogen and oxygen atoms in total. The fourth-order valence-corrected chi connectivity index (χ4v) is 2.91. The summed E-state index contributed by atoms with van der Waals surface area (Å²) in [7, 11) is 0. The minimum absolute atomic E-state index is 0.300. The van der Waals surface area contributed by atoms with Crippen LogP contribution in [0.4, 0.5) is 5.69 Å². The summed E-state index contributed by atoms with van der Waals surface area (Å²) < 4.78 is 0. The maximum absolute atomic E-state index is 6.00. The molecule has 1 aromatic carbocycles. The lowest BCUT2D eigenvalue weighted by Crippen LogP contribution is -2.39. The van der Waals surface area contributed by atoms with Crippen LogP contribution in [-0.2, 0) is 0 Å². The molecular formula is C15H20N4. The average molecular weight is 256 g/mol. The molecule has 1 unspecified atom stereocenters. The third-order valence-electron chi connectivity index (χ3n) is 4.15. The van der Waals surface area contributed by atoms with Gasteiger partial charge in [0, 0.05) is 24.5 Å². The van der Waals surface area contributed by atoms with Crippen LogP contribution < -0.4 is 10.6 Å². The fraction of sp³-hybridized carbons (Fsp3) is 0.467. The van der Waals surface area contributed by atoms with Crippen LogP contribution in [0, 0.1) is 5.92 Å². The predicted molar refractivity (Wildman–Crippen MR) is 78.1 cm³/mol. The molecule has 1 aromatic heterocycles. The van der Waals surface area contributed by atoms with Crippen molar-refractivity contribution in [2.45, 2.75) is 25.8 Å². The molecule has 0 aliphatic carbocycles. The number of fused-ring (bicyclic) bond motifs is 1. The number of piperidine rings is 1. The summed E-state index contributed by atoms with van der Waals surface area (Å²) in [5.74, 6) is 0.650. The van der Waals surface area contributed by atoms with Crippen LogP contribution in [0.2, 0.25) is 0 Å². The first-order valence-electron chi connectivity index (χ1n) is 6.96. The van der Waals surface area contributed by atoms with E-state index in [1.807, 2.05) is 18.3 Å². The van der Waals surface area contributed by atoms with Crippen molar-refractivity contribution in [1.82, 2.24) is 10.2 Å². The quantitative estimate of drug-likeness (QED) is 0.895. The van der Waals surface area contributed by atoms with Crippen LogP contribution in [-0.4, -0.2) is 29.3 Å². The van der Waals surface area contributed by atoms with Crippen molar-refractivity contribution in [2.75, 3.05) is 18.0 Å². The molecule has 4 heteroatoms. The SMILES string of the molecule is CC(N)C1CCN(c2cnnc3ccccc23)CC1. The molecule has 1 saturated heterocycles. The van der Waals surface area contributed by atoms with Gasteiger partial charge in [-0.2, -0.15) is 10.2 Å². The zero-order valence-corrected chi connectivity index (χ0v) is 11.3. The zero-order chi connectivity index (χ0) is 13.2. The summed E-state index contributed by atoms with van der Waals surface area (Å²) in [6.07, 6.45) is 4.21. The highest BCUT2D eigenvalue weighted by molar-refractivity contribution is 5.90. The van der Waals surface area contributed by atoms with E-state index in [2.05, 4.69) is 34.2 Å². The van der Waals surface area contributed by atoms with Gasteiger partial charge >= 0.3 is 0 Å². The van der Waals surface area contributed by atoms with Gasteiger partial charge in [0.05, 0.1) is 17.4 Å². The topological polar surface area (TPSA) is 55.0 Å². The molecule has 0 saturated carbocycles. The Bertz CT molecular complexity index is 554. The number of hydrogen-bond acceptors (Lipinski definition) is 4. The molecule has 100 valence electrons. The molecule has 19 heavy (non-hydrogen) atoms. The minimum atomic E-state index is 0.300. The molecule has 1 fully saturated rings. The van der Waals surface area contributed by atoms with E-state index in [-0.39, 0.29) is 0 Å². The molecule has 1 atom stereocenters.